The summed E-state index contributed by atoms with van der Waals surface area (Å²) in [5.41, 5.74) is 2.54. The first-order valence-electron chi connectivity index (χ1n) is 7.81. The van der Waals surface area contributed by atoms with E-state index in [1.165, 1.54) is 18.4 Å². The highest BCUT2D eigenvalue weighted by atomic mass is 16.5. The van der Waals surface area contributed by atoms with Crippen molar-refractivity contribution in [1.29, 1.82) is 0 Å². The molecule has 1 aliphatic heterocycles. The van der Waals surface area contributed by atoms with Crippen molar-refractivity contribution in [3.05, 3.63) is 29.3 Å². The molecule has 20 heavy (non-hydrogen) atoms. The van der Waals surface area contributed by atoms with Gasteiger partial charge in [0.05, 0.1) is 6.61 Å². The molecule has 1 atom stereocenters. The van der Waals surface area contributed by atoms with Crippen LogP contribution < -0.4 is 4.74 Å². The maximum atomic E-state index is 11.4. The topological polar surface area (TPSA) is 26.3 Å². The van der Waals surface area contributed by atoms with E-state index in [0.29, 0.717) is 0 Å². The number of aldehydes is 1. The zero-order valence-electron chi connectivity index (χ0n) is 12.9. The molecule has 0 spiro atoms. The molecule has 0 saturated heterocycles. The second-order valence-corrected chi connectivity index (χ2v) is 6.48. The molecular weight excluding hydrogens is 248 g/mol. The molecule has 1 heterocycles. The van der Waals surface area contributed by atoms with Gasteiger partial charge >= 0.3 is 0 Å². The molecule has 0 radical (unpaired) electrons. The van der Waals surface area contributed by atoms with Gasteiger partial charge in [-0.1, -0.05) is 52.2 Å². The number of fused-ring (bicyclic) bond motifs is 1. The van der Waals surface area contributed by atoms with E-state index in [4.69, 9.17) is 4.74 Å². The molecular formula is C18H26O2. The molecule has 2 rings (SSSR count). The van der Waals surface area contributed by atoms with Crippen molar-refractivity contribution in [1.82, 2.24) is 0 Å². The lowest BCUT2D eigenvalue weighted by Gasteiger charge is -2.33. The van der Waals surface area contributed by atoms with Gasteiger partial charge in [0.25, 0.3) is 0 Å². The summed E-state index contributed by atoms with van der Waals surface area (Å²) in [5.74, 6) is 1.02. The van der Waals surface area contributed by atoms with Crippen LogP contribution in [0.15, 0.2) is 18.2 Å². The Morgan fingerprint density at radius 2 is 2.15 bits per heavy atom. The van der Waals surface area contributed by atoms with Crippen molar-refractivity contribution in [3.8, 4) is 5.75 Å². The molecule has 0 fully saturated rings. The fraction of sp³-hybridized carbons (Fsp3) is 0.611. The van der Waals surface area contributed by atoms with E-state index in [1.54, 1.807) is 0 Å². The molecule has 0 amide bonds. The monoisotopic (exact) mass is 274 g/mol. The lowest BCUT2D eigenvalue weighted by atomic mass is 9.78. The SMILES string of the molecule is CCCCC[C@@H](C=O)c1ccc2c(c1)C(C)(C)CCO2. The van der Waals surface area contributed by atoms with Crippen LogP contribution in [0.3, 0.4) is 0 Å². The van der Waals surface area contributed by atoms with Crippen LogP contribution in [0.25, 0.3) is 0 Å². The molecule has 1 aliphatic rings. The zero-order valence-corrected chi connectivity index (χ0v) is 12.9. The number of hydrogen-bond acceptors (Lipinski definition) is 2. The summed E-state index contributed by atoms with van der Waals surface area (Å²) in [7, 11) is 0. The minimum absolute atomic E-state index is 0.0320. The Hall–Kier alpha value is -1.31. The Bertz CT molecular complexity index is 462. The first-order valence-corrected chi connectivity index (χ1v) is 7.81. The Labute approximate surface area is 122 Å². The molecule has 110 valence electrons. The molecule has 0 N–H and O–H groups in total. The predicted octanol–water partition coefficient (Wildman–Crippen LogP) is 4.61. The quantitative estimate of drug-likeness (QED) is 0.559. The third-order valence-corrected chi connectivity index (χ3v) is 4.43. The van der Waals surface area contributed by atoms with Gasteiger partial charge in [-0.15, -0.1) is 0 Å². The highest BCUT2D eigenvalue weighted by Crippen LogP contribution is 2.40. The Morgan fingerprint density at radius 3 is 2.85 bits per heavy atom. The van der Waals surface area contributed by atoms with E-state index < -0.39 is 0 Å². The Balaban J connectivity index is 2.22. The summed E-state index contributed by atoms with van der Waals surface area (Å²) in [5, 5.41) is 0. The molecule has 0 bridgehead atoms. The van der Waals surface area contributed by atoms with Gasteiger partial charge in [0.1, 0.15) is 12.0 Å². The van der Waals surface area contributed by atoms with Crippen molar-refractivity contribution >= 4 is 6.29 Å². The van der Waals surface area contributed by atoms with Gasteiger partial charge < -0.3 is 9.53 Å². The third kappa shape index (κ3) is 3.23. The number of rotatable bonds is 6. The van der Waals surface area contributed by atoms with Crippen LogP contribution in [0.2, 0.25) is 0 Å². The van der Waals surface area contributed by atoms with E-state index in [9.17, 15) is 4.79 Å². The van der Waals surface area contributed by atoms with Crippen molar-refractivity contribution in [3.63, 3.8) is 0 Å². The molecule has 0 unspecified atom stereocenters. The first kappa shape index (κ1) is 15.1. The second kappa shape index (κ2) is 6.43. The van der Waals surface area contributed by atoms with Crippen molar-refractivity contribution in [2.24, 2.45) is 0 Å². The molecule has 0 aliphatic carbocycles. The van der Waals surface area contributed by atoms with E-state index in [1.807, 2.05) is 6.07 Å². The smallest absolute Gasteiger partial charge is 0.127 e. The van der Waals surface area contributed by atoms with Crippen LogP contribution in [0.1, 0.15) is 69.9 Å². The van der Waals surface area contributed by atoms with Crippen LogP contribution in [-0.4, -0.2) is 12.9 Å². The van der Waals surface area contributed by atoms with E-state index in [-0.39, 0.29) is 11.3 Å². The van der Waals surface area contributed by atoms with E-state index in [0.717, 1.165) is 43.5 Å². The highest BCUT2D eigenvalue weighted by Gasteiger charge is 2.29. The minimum atomic E-state index is 0.0320. The molecule has 2 nitrogen and oxygen atoms in total. The Kier molecular flexibility index (Phi) is 4.85. The molecule has 0 saturated carbocycles. The molecule has 0 aromatic heterocycles. The van der Waals surface area contributed by atoms with Crippen LogP contribution in [0, 0.1) is 0 Å². The average molecular weight is 274 g/mol. The lowest BCUT2D eigenvalue weighted by Crippen LogP contribution is -2.26. The predicted molar refractivity (Wildman–Crippen MR) is 82.5 cm³/mol. The standard InChI is InChI=1S/C18H26O2/c1-4-5-6-7-15(13-19)14-8-9-17-16(12-14)18(2,3)10-11-20-17/h8-9,12-13,15H,4-7,10-11H2,1-3H3/t15-/m0/s1. The third-order valence-electron chi connectivity index (χ3n) is 4.43. The zero-order chi connectivity index (χ0) is 14.6. The van der Waals surface area contributed by atoms with Gasteiger partial charge in [-0.2, -0.15) is 0 Å². The minimum Gasteiger partial charge on any atom is -0.493 e. The summed E-state index contributed by atoms with van der Waals surface area (Å²) >= 11 is 0. The largest absolute Gasteiger partial charge is 0.493 e. The number of ether oxygens (including phenoxy) is 1. The average Bonchev–Trinajstić information content (AvgIpc) is 2.43. The molecule has 1 aromatic rings. The summed E-state index contributed by atoms with van der Waals surface area (Å²) < 4.78 is 5.74. The van der Waals surface area contributed by atoms with Gasteiger partial charge in [0.15, 0.2) is 0 Å². The van der Waals surface area contributed by atoms with E-state index >= 15 is 0 Å². The molecule has 1 aromatic carbocycles. The van der Waals surface area contributed by atoms with Crippen molar-refractivity contribution < 1.29 is 9.53 Å². The van der Waals surface area contributed by atoms with Gasteiger partial charge in [-0.05, 0) is 29.9 Å². The van der Waals surface area contributed by atoms with Crippen molar-refractivity contribution in [2.75, 3.05) is 6.61 Å². The maximum absolute atomic E-state index is 11.4. The van der Waals surface area contributed by atoms with Gasteiger partial charge in [0, 0.05) is 11.5 Å². The normalized spacial score (nSPS) is 17.9. The van der Waals surface area contributed by atoms with Crippen LogP contribution in [0.5, 0.6) is 5.75 Å². The lowest BCUT2D eigenvalue weighted by molar-refractivity contribution is -0.109. The summed E-state index contributed by atoms with van der Waals surface area (Å²) in [6, 6.07) is 6.30. The fourth-order valence-electron chi connectivity index (χ4n) is 2.91. The summed E-state index contributed by atoms with van der Waals surface area (Å²) in [6.45, 7) is 7.48. The summed E-state index contributed by atoms with van der Waals surface area (Å²) in [4.78, 5) is 11.4. The van der Waals surface area contributed by atoms with Crippen molar-refractivity contribution in [2.45, 2.75) is 64.2 Å². The summed E-state index contributed by atoms with van der Waals surface area (Å²) in [6.07, 6.45) is 6.61. The first-order chi connectivity index (χ1) is 9.58. The maximum Gasteiger partial charge on any atom is 0.127 e. The number of carbonyl (C=O) groups is 1. The van der Waals surface area contributed by atoms with Gasteiger partial charge in [-0.3, -0.25) is 0 Å². The number of hydrogen-bond donors (Lipinski definition) is 0. The van der Waals surface area contributed by atoms with Crippen LogP contribution >= 0.6 is 0 Å². The highest BCUT2D eigenvalue weighted by molar-refractivity contribution is 5.63. The number of benzene rings is 1. The van der Waals surface area contributed by atoms with Gasteiger partial charge in [-0.25, -0.2) is 0 Å². The Morgan fingerprint density at radius 1 is 1.35 bits per heavy atom. The van der Waals surface area contributed by atoms with Crippen LogP contribution in [-0.2, 0) is 10.2 Å². The fourth-order valence-corrected chi connectivity index (χ4v) is 2.91. The molecule has 2 heteroatoms. The van der Waals surface area contributed by atoms with Crippen LogP contribution in [0.4, 0.5) is 0 Å². The number of carbonyl (C=O) groups excluding carboxylic acids is 1. The second-order valence-electron chi connectivity index (χ2n) is 6.48. The number of unbranched alkanes of at least 4 members (excludes halogenated alkanes) is 2. The van der Waals surface area contributed by atoms with E-state index in [2.05, 4.69) is 32.9 Å². The van der Waals surface area contributed by atoms with Gasteiger partial charge in [0.2, 0.25) is 0 Å².